The SMILES string of the molecule is O=C(O)N1CCn2c(cc3cc(Br)ccc32)C1. The molecule has 1 aliphatic rings. The van der Waals surface area contributed by atoms with Crippen molar-refractivity contribution >= 4 is 32.9 Å². The maximum Gasteiger partial charge on any atom is 0.407 e. The molecule has 0 fully saturated rings. The first-order chi connectivity index (χ1) is 8.15. The molecule has 1 aliphatic heterocycles. The van der Waals surface area contributed by atoms with Crippen molar-refractivity contribution in [2.24, 2.45) is 0 Å². The molecule has 0 radical (unpaired) electrons. The van der Waals surface area contributed by atoms with Gasteiger partial charge in [-0.1, -0.05) is 15.9 Å². The van der Waals surface area contributed by atoms with Crippen LogP contribution in [0.15, 0.2) is 28.7 Å². The summed E-state index contributed by atoms with van der Waals surface area (Å²) in [7, 11) is 0. The Morgan fingerprint density at radius 1 is 1.29 bits per heavy atom. The fraction of sp³-hybridized carbons (Fsp3) is 0.250. The summed E-state index contributed by atoms with van der Waals surface area (Å²) in [6, 6.07) is 8.21. The summed E-state index contributed by atoms with van der Waals surface area (Å²) in [5, 5.41) is 10.1. The molecule has 5 heteroatoms. The van der Waals surface area contributed by atoms with Crippen molar-refractivity contribution in [1.82, 2.24) is 9.47 Å². The van der Waals surface area contributed by atoms with Gasteiger partial charge >= 0.3 is 6.09 Å². The molecule has 0 aliphatic carbocycles. The first-order valence-electron chi connectivity index (χ1n) is 5.41. The second kappa shape index (κ2) is 3.77. The van der Waals surface area contributed by atoms with Crippen LogP contribution >= 0.6 is 15.9 Å². The number of hydrogen-bond acceptors (Lipinski definition) is 1. The maximum atomic E-state index is 10.9. The van der Waals surface area contributed by atoms with E-state index in [-0.39, 0.29) is 0 Å². The molecule has 0 saturated heterocycles. The van der Waals surface area contributed by atoms with Gasteiger partial charge in [0.1, 0.15) is 0 Å². The van der Waals surface area contributed by atoms with Gasteiger partial charge < -0.3 is 14.6 Å². The van der Waals surface area contributed by atoms with Gasteiger partial charge in [0.05, 0.1) is 6.54 Å². The number of nitrogens with zero attached hydrogens (tertiary/aromatic N) is 2. The highest BCUT2D eigenvalue weighted by atomic mass is 79.9. The molecule has 4 nitrogen and oxygen atoms in total. The minimum absolute atomic E-state index is 0.474. The molecule has 3 rings (SSSR count). The lowest BCUT2D eigenvalue weighted by atomic mass is 10.2. The molecule has 0 saturated carbocycles. The van der Waals surface area contributed by atoms with Crippen molar-refractivity contribution in [3.8, 4) is 0 Å². The summed E-state index contributed by atoms with van der Waals surface area (Å²) < 4.78 is 3.24. The summed E-state index contributed by atoms with van der Waals surface area (Å²) in [6.07, 6.45) is -0.845. The third-order valence-electron chi connectivity index (χ3n) is 3.17. The van der Waals surface area contributed by atoms with Gasteiger partial charge in [0, 0.05) is 34.2 Å². The van der Waals surface area contributed by atoms with E-state index in [1.165, 1.54) is 10.4 Å². The minimum Gasteiger partial charge on any atom is -0.465 e. The van der Waals surface area contributed by atoms with E-state index in [1.807, 2.05) is 6.07 Å². The van der Waals surface area contributed by atoms with Crippen molar-refractivity contribution in [2.45, 2.75) is 13.1 Å². The topological polar surface area (TPSA) is 45.5 Å². The fourth-order valence-corrected chi connectivity index (χ4v) is 2.73. The quantitative estimate of drug-likeness (QED) is 0.812. The van der Waals surface area contributed by atoms with E-state index in [0.717, 1.165) is 22.1 Å². The van der Waals surface area contributed by atoms with Gasteiger partial charge in [0.2, 0.25) is 0 Å². The lowest BCUT2D eigenvalue weighted by Crippen LogP contribution is -2.36. The van der Waals surface area contributed by atoms with Gasteiger partial charge in [0.15, 0.2) is 0 Å². The first kappa shape index (κ1) is 10.7. The van der Waals surface area contributed by atoms with Crippen LogP contribution in [0.2, 0.25) is 0 Å². The molecule has 0 atom stereocenters. The summed E-state index contributed by atoms with van der Waals surface area (Å²) >= 11 is 3.45. The molecule has 0 bridgehead atoms. The number of carboxylic acid groups (broad SMARTS) is 1. The average molecular weight is 295 g/mol. The zero-order valence-electron chi connectivity index (χ0n) is 9.06. The van der Waals surface area contributed by atoms with E-state index in [4.69, 9.17) is 5.11 Å². The predicted octanol–water partition coefficient (Wildman–Crippen LogP) is 2.90. The second-order valence-electron chi connectivity index (χ2n) is 4.19. The minimum atomic E-state index is -0.845. The summed E-state index contributed by atoms with van der Waals surface area (Å²) in [5.74, 6) is 0. The molecule has 0 spiro atoms. The Bertz CT molecular complexity index is 606. The fourth-order valence-electron chi connectivity index (χ4n) is 2.35. The van der Waals surface area contributed by atoms with Crippen LogP contribution in [0.3, 0.4) is 0 Å². The smallest absolute Gasteiger partial charge is 0.407 e. The van der Waals surface area contributed by atoms with Crippen LogP contribution in [-0.2, 0) is 13.1 Å². The Kier molecular flexibility index (Phi) is 2.36. The maximum absolute atomic E-state index is 10.9. The van der Waals surface area contributed by atoms with Gasteiger partial charge in [-0.05, 0) is 24.3 Å². The Labute approximate surface area is 107 Å². The molecule has 1 aromatic heterocycles. The van der Waals surface area contributed by atoms with Gasteiger partial charge in [-0.2, -0.15) is 0 Å². The Morgan fingerprint density at radius 3 is 2.88 bits per heavy atom. The zero-order chi connectivity index (χ0) is 12.0. The summed E-state index contributed by atoms with van der Waals surface area (Å²) in [6.45, 7) is 1.76. The summed E-state index contributed by atoms with van der Waals surface area (Å²) in [5.41, 5.74) is 2.24. The number of benzene rings is 1. The number of halogens is 1. The lowest BCUT2D eigenvalue weighted by molar-refractivity contribution is 0.133. The van der Waals surface area contributed by atoms with Crippen LogP contribution in [0.1, 0.15) is 5.69 Å². The van der Waals surface area contributed by atoms with Crippen molar-refractivity contribution in [2.75, 3.05) is 6.54 Å². The standard InChI is InChI=1S/C12H11BrN2O2/c13-9-1-2-11-8(5-9)6-10-7-14(12(16)17)3-4-15(10)11/h1-2,5-6H,3-4,7H2,(H,16,17). The molecule has 1 aromatic carbocycles. The van der Waals surface area contributed by atoms with E-state index in [2.05, 4.69) is 38.7 Å². The van der Waals surface area contributed by atoms with Crippen LogP contribution in [0, 0.1) is 0 Å². The number of fused-ring (bicyclic) bond motifs is 3. The number of hydrogen-bond donors (Lipinski definition) is 1. The predicted molar refractivity (Wildman–Crippen MR) is 68.1 cm³/mol. The molecule has 17 heavy (non-hydrogen) atoms. The Morgan fingerprint density at radius 2 is 2.12 bits per heavy atom. The van der Waals surface area contributed by atoms with Crippen molar-refractivity contribution in [3.63, 3.8) is 0 Å². The van der Waals surface area contributed by atoms with E-state index >= 15 is 0 Å². The van der Waals surface area contributed by atoms with E-state index in [9.17, 15) is 4.79 Å². The number of aromatic nitrogens is 1. The lowest BCUT2D eigenvalue weighted by Gasteiger charge is -2.26. The third-order valence-corrected chi connectivity index (χ3v) is 3.66. The van der Waals surface area contributed by atoms with Crippen molar-refractivity contribution < 1.29 is 9.90 Å². The zero-order valence-corrected chi connectivity index (χ0v) is 10.6. The van der Waals surface area contributed by atoms with Crippen molar-refractivity contribution in [3.05, 3.63) is 34.4 Å². The molecule has 2 aromatic rings. The highest BCUT2D eigenvalue weighted by Gasteiger charge is 2.21. The second-order valence-corrected chi connectivity index (χ2v) is 5.11. The molecule has 1 amide bonds. The highest BCUT2D eigenvalue weighted by molar-refractivity contribution is 9.10. The van der Waals surface area contributed by atoms with Gasteiger partial charge in [-0.25, -0.2) is 4.79 Å². The largest absolute Gasteiger partial charge is 0.465 e. The van der Waals surface area contributed by atoms with E-state index in [0.29, 0.717) is 13.1 Å². The third kappa shape index (κ3) is 1.70. The molecular formula is C12H11BrN2O2. The monoisotopic (exact) mass is 294 g/mol. The first-order valence-corrected chi connectivity index (χ1v) is 6.20. The van der Waals surface area contributed by atoms with Crippen LogP contribution < -0.4 is 0 Å². The number of rotatable bonds is 0. The average Bonchev–Trinajstić information content (AvgIpc) is 2.64. The van der Waals surface area contributed by atoms with Gasteiger partial charge in [-0.3, -0.25) is 0 Å². The normalized spacial score (nSPS) is 15.0. The molecule has 1 N–H and O–H groups in total. The molecule has 88 valence electrons. The summed E-state index contributed by atoms with van der Waals surface area (Å²) in [4.78, 5) is 12.4. The van der Waals surface area contributed by atoms with Gasteiger partial charge in [-0.15, -0.1) is 0 Å². The number of carbonyl (C=O) groups is 1. The molecule has 0 unspecified atom stereocenters. The van der Waals surface area contributed by atoms with E-state index < -0.39 is 6.09 Å². The van der Waals surface area contributed by atoms with Crippen molar-refractivity contribution in [1.29, 1.82) is 0 Å². The van der Waals surface area contributed by atoms with E-state index in [1.54, 1.807) is 0 Å². The molecule has 2 heterocycles. The number of amides is 1. The highest BCUT2D eigenvalue weighted by Crippen LogP contribution is 2.26. The van der Waals surface area contributed by atoms with Crippen LogP contribution in [0.5, 0.6) is 0 Å². The Hall–Kier alpha value is -1.49. The van der Waals surface area contributed by atoms with Gasteiger partial charge in [0.25, 0.3) is 0 Å². The Balaban J connectivity index is 2.09. The van der Waals surface area contributed by atoms with Crippen LogP contribution in [0.25, 0.3) is 10.9 Å². The van der Waals surface area contributed by atoms with Crippen LogP contribution in [-0.4, -0.2) is 27.2 Å². The molecular weight excluding hydrogens is 284 g/mol. The van der Waals surface area contributed by atoms with Crippen LogP contribution in [0.4, 0.5) is 4.79 Å².